The minimum absolute atomic E-state index is 0.0613. The van der Waals surface area contributed by atoms with E-state index in [1.807, 2.05) is 18.7 Å². The maximum atomic E-state index is 13.4. The molecule has 0 aliphatic carbocycles. The molecule has 5 rings (SSSR count). The summed E-state index contributed by atoms with van der Waals surface area (Å²) in [6.45, 7) is 6.42. The first-order valence-corrected chi connectivity index (χ1v) is 11.1. The van der Waals surface area contributed by atoms with Gasteiger partial charge < -0.3 is 15.1 Å². The highest BCUT2D eigenvalue weighted by atomic mass is 16.2. The van der Waals surface area contributed by atoms with Crippen LogP contribution in [-0.2, 0) is 24.9 Å². The summed E-state index contributed by atoms with van der Waals surface area (Å²) >= 11 is 0. The molecular formula is C22H27N7O3. The molecule has 10 heteroatoms. The first-order chi connectivity index (χ1) is 15.4. The highest BCUT2D eigenvalue weighted by molar-refractivity contribution is 5.92. The van der Waals surface area contributed by atoms with E-state index >= 15 is 0 Å². The van der Waals surface area contributed by atoms with Gasteiger partial charge >= 0.3 is 6.03 Å². The van der Waals surface area contributed by atoms with Crippen LogP contribution in [0.4, 0.5) is 4.79 Å². The second-order valence-corrected chi connectivity index (χ2v) is 9.19. The standard InChI is InChI=1S/C22H27N7O3/c1-14(2)25-21(32)28-9-4-22(13-28)5-10-29-18(30)15-12-27(8-3-16(15)26-20(22)29)19(31)17-11-23-6-7-24-17/h6-7,11,14H,3-5,8-10,12-13H2,1-2H3,(H,25,32)/t22-/m1/s1. The molecule has 3 amide bonds. The van der Waals surface area contributed by atoms with Gasteiger partial charge in [0.25, 0.3) is 11.5 Å². The Morgan fingerprint density at radius 1 is 1.12 bits per heavy atom. The van der Waals surface area contributed by atoms with Crippen LogP contribution in [0.15, 0.2) is 23.4 Å². The van der Waals surface area contributed by atoms with E-state index in [1.54, 1.807) is 9.47 Å². The minimum atomic E-state index is -0.269. The lowest BCUT2D eigenvalue weighted by Crippen LogP contribution is -2.44. The van der Waals surface area contributed by atoms with Crippen LogP contribution in [0.3, 0.4) is 0 Å². The number of hydrogen-bond donors (Lipinski definition) is 1. The normalized spacial score (nSPS) is 21.7. The van der Waals surface area contributed by atoms with Crippen LogP contribution < -0.4 is 10.9 Å². The van der Waals surface area contributed by atoms with Gasteiger partial charge in [0.05, 0.1) is 24.0 Å². The van der Waals surface area contributed by atoms with Gasteiger partial charge in [-0.1, -0.05) is 0 Å². The maximum Gasteiger partial charge on any atom is 0.317 e. The predicted molar refractivity (Wildman–Crippen MR) is 115 cm³/mol. The number of urea groups is 1. The highest BCUT2D eigenvalue weighted by Gasteiger charge is 2.48. The van der Waals surface area contributed by atoms with Gasteiger partial charge in [0.2, 0.25) is 0 Å². The molecular weight excluding hydrogens is 410 g/mol. The molecule has 0 aromatic carbocycles. The number of fused-ring (bicyclic) bond motifs is 3. The first-order valence-electron chi connectivity index (χ1n) is 11.1. The summed E-state index contributed by atoms with van der Waals surface area (Å²) in [5.41, 5.74) is 1.30. The number of carbonyl (C=O) groups excluding carboxylic acids is 2. The molecule has 3 aliphatic rings. The Balaban J connectivity index is 1.41. The van der Waals surface area contributed by atoms with Crippen molar-refractivity contribution < 1.29 is 9.59 Å². The Bertz CT molecular complexity index is 1130. The molecule has 0 unspecified atom stereocenters. The van der Waals surface area contributed by atoms with Crippen molar-refractivity contribution in [2.24, 2.45) is 0 Å². The number of carbonyl (C=O) groups is 2. The van der Waals surface area contributed by atoms with E-state index in [0.29, 0.717) is 38.2 Å². The Labute approximate surface area is 185 Å². The molecule has 1 saturated heterocycles. The Kier molecular flexibility index (Phi) is 4.94. The van der Waals surface area contributed by atoms with Crippen molar-refractivity contribution in [1.29, 1.82) is 0 Å². The van der Waals surface area contributed by atoms with Gasteiger partial charge in [0.15, 0.2) is 0 Å². The Hall–Kier alpha value is -3.30. The van der Waals surface area contributed by atoms with Crippen molar-refractivity contribution in [2.45, 2.75) is 57.7 Å². The van der Waals surface area contributed by atoms with Gasteiger partial charge in [-0.3, -0.25) is 19.1 Å². The topological polar surface area (TPSA) is 113 Å². The summed E-state index contributed by atoms with van der Waals surface area (Å²) in [4.78, 5) is 55.1. The SMILES string of the molecule is CC(C)NC(=O)N1CC[C@@]2(CCn3c2nc2c(c3=O)CN(C(=O)c3cnccn3)CC2)C1. The van der Waals surface area contributed by atoms with Gasteiger partial charge in [-0.2, -0.15) is 0 Å². The molecule has 0 saturated carbocycles. The van der Waals surface area contributed by atoms with Crippen LogP contribution in [0, 0.1) is 0 Å². The second kappa shape index (κ2) is 7.68. The molecule has 3 aliphatic heterocycles. The van der Waals surface area contributed by atoms with Gasteiger partial charge in [-0.25, -0.2) is 14.8 Å². The summed E-state index contributed by atoms with van der Waals surface area (Å²) < 4.78 is 1.76. The summed E-state index contributed by atoms with van der Waals surface area (Å²) in [7, 11) is 0. The number of rotatable bonds is 2. The van der Waals surface area contributed by atoms with E-state index in [4.69, 9.17) is 4.98 Å². The van der Waals surface area contributed by atoms with Crippen LogP contribution in [-0.4, -0.2) is 66.9 Å². The highest BCUT2D eigenvalue weighted by Crippen LogP contribution is 2.41. The molecule has 1 atom stereocenters. The zero-order valence-electron chi connectivity index (χ0n) is 18.4. The zero-order valence-corrected chi connectivity index (χ0v) is 18.4. The lowest BCUT2D eigenvalue weighted by atomic mass is 9.85. The van der Waals surface area contributed by atoms with Gasteiger partial charge in [-0.15, -0.1) is 0 Å². The third-order valence-electron chi connectivity index (χ3n) is 6.73. The fourth-order valence-electron chi connectivity index (χ4n) is 5.08. The Morgan fingerprint density at radius 3 is 2.69 bits per heavy atom. The van der Waals surface area contributed by atoms with Crippen molar-refractivity contribution in [2.75, 3.05) is 19.6 Å². The van der Waals surface area contributed by atoms with Gasteiger partial charge in [0, 0.05) is 56.5 Å². The predicted octanol–water partition coefficient (Wildman–Crippen LogP) is 0.697. The molecule has 32 heavy (non-hydrogen) atoms. The van der Waals surface area contributed by atoms with E-state index in [0.717, 1.165) is 24.4 Å². The molecule has 10 nitrogen and oxygen atoms in total. The number of nitrogens with one attached hydrogen (secondary N) is 1. The largest absolute Gasteiger partial charge is 0.336 e. The molecule has 2 aromatic rings. The zero-order chi connectivity index (χ0) is 22.5. The molecule has 2 aromatic heterocycles. The number of nitrogens with zero attached hydrogens (tertiary/aromatic N) is 6. The molecule has 1 fully saturated rings. The quantitative estimate of drug-likeness (QED) is 0.740. The van der Waals surface area contributed by atoms with Crippen molar-refractivity contribution in [3.05, 3.63) is 51.7 Å². The van der Waals surface area contributed by atoms with Crippen molar-refractivity contribution >= 4 is 11.9 Å². The monoisotopic (exact) mass is 437 g/mol. The van der Waals surface area contributed by atoms with Crippen molar-refractivity contribution in [3.63, 3.8) is 0 Å². The van der Waals surface area contributed by atoms with Crippen LogP contribution >= 0.6 is 0 Å². The lowest BCUT2D eigenvalue weighted by Gasteiger charge is -2.29. The summed E-state index contributed by atoms with van der Waals surface area (Å²) in [5, 5.41) is 2.96. The third kappa shape index (κ3) is 3.34. The average molecular weight is 438 g/mol. The Morgan fingerprint density at radius 2 is 1.94 bits per heavy atom. The fraction of sp³-hybridized carbons (Fsp3) is 0.545. The third-order valence-corrected chi connectivity index (χ3v) is 6.73. The molecule has 0 radical (unpaired) electrons. The number of amides is 3. The molecule has 0 bridgehead atoms. The summed E-state index contributed by atoms with van der Waals surface area (Å²) in [6, 6.07) is 0.0176. The number of aromatic nitrogens is 4. The van der Waals surface area contributed by atoms with E-state index in [9.17, 15) is 14.4 Å². The summed E-state index contributed by atoms with van der Waals surface area (Å²) in [5.74, 6) is 0.572. The van der Waals surface area contributed by atoms with Gasteiger partial charge in [0.1, 0.15) is 11.5 Å². The number of likely N-dealkylation sites (tertiary alicyclic amines) is 1. The first kappa shape index (κ1) is 20.6. The van der Waals surface area contributed by atoms with Crippen LogP contribution in [0.25, 0.3) is 0 Å². The smallest absolute Gasteiger partial charge is 0.317 e. The van der Waals surface area contributed by atoms with Crippen LogP contribution in [0.1, 0.15) is 54.3 Å². The molecule has 5 heterocycles. The van der Waals surface area contributed by atoms with Crippen molar-refractivity contribution in [1.82, 2.24) is 34.6 Å². The second-order valence-electron chi connectivity index (χ2n) is 9.19. The minimum Gasteiger partial charge on any atom is -0.336 e. The average Bonchev–Trinajstić information content (AvgIpc) is 3.38. The fourth-order valence-corrected chi connectivity index (χ4v) is 5.08. The lowest BCUT2D eigenvalue weighted by molar-refractivity contribution is 0.0725. The molecule has 1 spiro atoms. The maximum absolute atomic E-state index is 13.4. The summed E-state index contributed by atoms with van der Waals surface area (Å²) in [6.07, 6.45) is 6.58. The molecule has 168 valence electrons. The van der Waals surface area contributed by atoms with E-state index in [-0.39, 0.29) is 41.2 Å². The molecule has 1 N–H and O–H groups in total. The van der Waals surface area contributed by atoms with E-state index < -0.39 is 0 Å². The van der Waals surface area contributed by atoms with E-state index in [2.05, 4.69) is 15.3 Å². The van der Waals surface area contributed by atoms with E-state index in [1.165, 1.54) is 18.6 Å². The van der Waals surface area contributed by atoms with Gasteiger partial charge in [-0.05, 0) is 26.7 Å². The van der Waals surface area contributed by atoms with Crippen molar-refractivity contribution in [3.8, 4) is 0 Å². The number of hydrogen-bond acceptors (Lipinski definition) is 6. The van der Waals surface area contributed by atoms with Crippen LogP contribution in [0.5, 0.6) is 0 Å². The van der Waals surface area contributed by atoms with Crippen LogP contribution in [0.2, 0.25) is 0 Å².